The standard InChI is InChI=1S/C19H22ClN3O/c1-15(19(24)16-5-7-17(20)8-6-16)14-22-10-12-23(13-11-22)18-4-2-3-9-21-18/h2-9,15H,10-14H2,1H3. The molecule has 1 saturated heterocycles. The number of Topliss-reactive ketones (excluding diaryl/α,β-unsaturated/α-hetero) is 1. The van der Waals surface area contributed by atoms with Crippen LogP contribution in [0.4, 0.5) is 5.82 Å². The third kappa shape index (κ3) is 4.13. The van der Waals surface area contributed by atoms with Crippen LogP contribution in [0.3, 0.4) is 0 Å². The minimum Gasteiger partial charge on any atom is -0.354 e. The van der Waals surface area contributed by atoms with Gasteiger partial charge in [-0.2, -0.15) is 0 Å². The van der Waals surface area contributed by atoms with Gasteiger partial charge in [-0.3, -0.25) is 9.69 Å². The fraction of sp³-hybridized carbons (Fsp3) is 0.368. The van der Waals surface area contributed by atoms with E-state index in [4.69, 9.17) is 11.6 Å². The van der Waals surface area contributed by atoms with Gasteiger partial charge in [0.1, 0.15) is 5.82 Å². The number of anilines is 1. The molecule has 2 heterocycles. The molecular formula is C19H22ClN3O. The van der Waals surface area contributed by atoms with Gasteiger partial charge in [0.15, 0.2) is 5.78 Å². The van der Waals surface area contributed by atoms with Gasteiger partial charge in [0.2, 0.25) is 0 Å². The summed E-state index contributed by atoms with van der Waals surface area (Å²) in [6, 6.07) is 13.1. The maximum absolute atomic E-state index is 12.5. The van der Waals surface area contributed by atoms with E-state index in [1.165, 1.54) is 0 Å². The largest absolute Gasteiger partial charge is 0.354 e. The molecule has 1 aromatic heterocycles. The highest BCUT2D eigenvalue weighted by atomic mass is 35.5. The summed E-state index contributed by atoms with van der Waals surface area (Å²) in [5, 5.41) is 0.657. The molecule has 4 nitrogen and oxygen atoms in total. The second-order valence-corrected chi connectivity index (χ2v) is 6.68. The third-order valence-corrected chi connectivity index (χ3v) is 4.71. The molecule has 5 heteroatoms. The first kappa shape index (κ1) is 16.9. The Bertz CT molecular complexity index is 667. The van der Waals surface area contributed by atoms with Crippen LogP contribution in [0.5, 0.6) is 0 Å². The van der Waals surface area contributed by atoms with E-state index in [0.29, 0.717) is 5.02 Å². The molecule has 0 aliphatic carbocycles. The van der Waals surface area contributed by atoms with Crippen LogP contribution in [0.2, 0.25) is 5.02 Å². The van der Waals surface area contributed by atoms with Gasteiger partial charge in [-0.1, -0.05) is 24.6 Å². The first-order valence-electron chi connectivity index (χ1n) is 8.31. The number of ketones is 1. The lowest BCUT2D eigenvalue weighted by atomic mass is 9.98. The van der Waals surface area contributed by atoms with Crippen LogP contribution in [-0.4, -0.2) is 48.4 Å². The molecule has 1 aliphatic heterocycles. The molecule has 3 rings (SSSR count). The molecule has 0 saturated carbocycles. The zero-order chi connectivity index (χ0) is 16.9. The van der Waals surface area contributed by atoms with Crippen LogP contribution in [0, 0.1) is 5.92 Å². The number of aromatic nitrogens is 1. The van der Waals surface area contributed by atoms with Gasteiger partial charge < -0.3 is 4.90 Å². The summed E-state index contributed by atoms with van der Waals surface area (Å²) in [7, 11) is 0. The minimum absolute atomic E-state index is 0.0208. The van der Waals surface area contributed by atoms with Gasteiger partial charge in [0.25, 0.3) is 0 Å². The van der Waals surface area contributed by atoms with Crippen LogP contribution in [0.25, 0.3) is 0 Å². The molecule has 1 fully saturated rings. The van der Waals surface area contributed by atoms with E-state index in [-0.39, 0.29) is 11.7 Å². The molecule has 0 spiro atoms. The van der Waals surface area contributed by atoms with E-state index >= 15 is 0 Å². The fourth-order valence-corrected chi connectivity index (χ4v) is 3.20. The van der Waals surface area contributed by atoms with E-state index in [1.807, 2.05) is 31.3 Å². The van der Waals surface area contributed by atoms with Gasteiger partial charge in [-0.05, 0) is 36.4 Å². The van der Waals surface area contributed by atoms with E-state index in [2.05, 4.69) is 14.8 Å². The van der Waals surface area contributed by atoms with Gasteiger partial charge in [-0.15, -0.1) is 0 Å². The van der Waals surface area contributed by atoms with Crippen LogP contribution >= 0.6 is 11.6 Å². The Morgan fingerprint density at radius 3 is 2.46 bits per heavy atom. The zero-order valence-corrected chi connectivity index (χ0v) is 14.6. The van der Waals surface area contributed by atoms with Crippen LogP contribution in [0.15, 0.2) is 48.7 Å². The number of carbonyl (C=O) groups is 1. The summed E-state index contributed by atoms with van der Waals surface area (Å²) in [6.07, 6.45) is 1.83. The Morgan fingerprint density at radius 2 is 1.83 bits per heavy atom. The number of rotatable bonds is 5. The van der Waals surface area contributed by atoms with Crippen molar-refractivity contribution in [3.05, 3.63) is 59.2 Å². The second kappa shape index (κ2) is 7.77. The molecule has 24 heavy (non-hydrogen) atoms. The maximum atomic E-state index is 12.5. The monoisotopic (exact) mass is 343 g/mol. The second-order valence-electron chi connectivity index (χ2n) is 6.25. The Labute approximate surface area is 148 Å². The predicted molar refractivity (Wildman–Crippen MR) is 97.8 cm³/mol. The number of piperazine rings is 1. The highest BCUT2D eigenvalue weighted by molar-refractivity contribution is 6.30. The van der Waals surface area contributed by atoms with Crippen LogP contribution in [-0.2, 0) is 0 Å². The normalized spacial score (nSPS) is 16.8. The molecule has 0 bridgehead atoms. The quantitative estimate of drug-likeness (QED) is 0.780. The molecule has 0 amide bonds. The summed E-state index contributed by atoms with van der Waals surface area (Å²) in [5.41, 5.74) is 0.735. The van der Waals surface area contributed by atoms with E-state index in [0.717, 1.165) is 44.1 Å². The molecule has 1 atom stereocenters. The third-order valence-electron chi connectivity index (χ3n) is 4.45. The molecule has 2 aromatic rings. The van der Waals surface area contributed by atoms with Gasteiger partial charge >= 0.3 is 0 Å². The number of nitrogens with zero attached hydrogens (tertiary/aromatic N) is 3. The molecule has 1 aromatic carbocycles. The number of halogens is 1. The number of pyridine rings is 1. The van der Waals surface area contributed by atoms with Crippen molar-refractivity contribution in [2.24, 2.45) is 5.92 Å². The number of hydrogen-bond donors (Lipinski definition) is 0. The summed E-state index contributed by atoms with van der Waals surface area (Å²) in [6.45, 7) is 6.58. The maximum Gasteiger partial charge on any atom is 0.166 e. The average Bonchev–Trinajstić information content (AvgIpc) is 2.63. The Balaban J connectivity index is 1.52. The molecule has 1 unspecified atom stereocenters. The van der Waals surface area contributed by atoms with Crippen molar-refractivity contribution < 1.29 is 4.79 Å². The van der Waals surface area contributed by atoms with Crippen molar-refractivity contribution in [3.8, 4) is 0 Å². The first-order valence-corrected chi connectivity index (χ1v) is 8.69. The Morgan fingerprint density at radius 1 is 1.12 bits per heavy atom. The Kier molecular flexibility index (Phi) is 5.48. The SMILES string of the molecule is CC(CN1CCN(c2ccccn2)CC1)C(=O)c1ccc(Cl)cc1. The molecular weight excluding hydrogens is 322 g/mol. The molecule has 0 N–H and O–H groups in total. The van der Waals surface area contributed by atoms with Crippen molar-refractivity contribution in [2.75, 3.05) is 37.6 Å². The predicted octanol–water partition coefficient (Wildman–Crippen LogP) is 3.38. The smallest absolute Gasteiger partial charge is 0.166 e. The minimum atomic E-state index is -0.0208. The number of carbonyl (C=O) groups excluding carboxylic acids is 1. The van der Waals surface area contributed by atoms with Gasteiger partial charge in [-0.25, -0.2) is 4.98 Å². The number of hydrogen-bond acceptors (Lipinski definition) is 4. The van der Waals surface area contributed by atoms with Crippen molar-refractivity contribution in [1.82, 2.24) is 9.88 Å². The number of benzene rings is 1. The van der Waals surface area contributed by atoms with Crippen LogP contribution < -0.4 is 4.90 Å². The summed E-state index contributed by atoms with van der Waals surface area (Å²) in [5.74, 6) is 1.19. The average molecular weight is 344 g/mol. The van der Waals surface area contributed by atoms with Crippen molar-refractivity contribution >= 4 is 23.2 Å². The lowest BCUT2D eigenvalue weighted by Crippen LogP contribution is -2.48. The zero-order valence-electron chi connectivity index (χ0n) is 13.9. The summed E-state index contributed by atoms with van der Waals surface area (Å²) >= 11 is 5.89. The van der Waals surface area contributed by atoms with E-state index in [9.17, 15) is 4.79 Å². The lowest BCUT2D eigenvalue weighted by molar-refractivity contribution is 0.0891. The van der Waals surface area contributed by atoms with Crippen molar-refractivity contribution in [2.45, 2.75) is 6.92 Å². The Hall–Kier alpha value is -1.91. The summed E-state index contributed by atoms with van der Waals surface area (Å²) < 4.78 is 0. The molecule has 1 aliphatic rings. The topological polar surface area (TPSA) is 36.4 Å². The summed E-state index contributed by atoms with van der Waals surface area (Å²) in [4.78, 5) is 21.6. The highest BCUT2D eigenvalue weighted by Crippen LogP contribution is 2.17. The molecule has 0 radical (unpaired) electrons. The van der Waals surface area contributed by atoms with Crippen molar-refractivity contribution in [3.63, 3.8) is 0 Å². The fourth-order valence-electron chi connectivity index (χ4n) is 3.07. The van der Waals surface area contributed by atoms with Crippen molar-refractivity contribution in [1.29, 1.82) is 0 Å². The van der Waals surface area contributed by atoms with E-state index < -0.39 is 0 Å². The lowest BCUT2D eigenvalue weighted by Gasteiger charge is -2.36. The van der Waals surface area contributed by atoms with Crippen LogP contribution in [0.1, 0.15) is 17.3 Å². The highest BCUT2D eigenvalue weighted by Gasteiger charge is 2.22. The van der Waals surface area contributed by atoms with E-state index in [1.54, 1.807) is 24.3 Å². The first-order chi connectivity index (χ1) is 11.6. The van der Waals surface area contributed by atoms with Gasteiger partial charge in [0.05, 0.1) is 0 Å². The molecule has 126 valence electrons. The van der Waals surface area contributed by atoms with Gasteiger partial charge in [0, 0.05) is 55.4 Å².